The molecule has 0 amide bonds. The minimum atomic E-state index is -0.719. The van der Waals surface area contributed by atoms with Crippen LogP contribution < -0.4 is 0 Å². The lowest BCUT2D eigenvalue weighted by molar-refractivity contribution is 0.101. The zero-order valence-electron chi connectivity index (χ0n) is 7.91. The lowest BCUT2D eigenvalue weighted by Crippen LogP contribution is -2.04. The minimum Gasteiger partial charge on any atom is -0.293 e. The van der Waals surface area contributed by atoms with E-state index in [0.717, 1.165) is 12.1 Å². The molecule has 94 valence electrons. The van der Waals surface area contributed by atoms with E-state index in [9.17, 15) is 20.3 Å². The van der Waals surface area contributed by atoms with Gasteiger partial charge in [-0.1, -0.05) is 0 Å². The van der Waals surface area contributed by atoms with Crippen LogP contribution in [0.1, 0.15) is 10.4 Å². The molecule has 1 rings (SSSR count). The molecule has 0 spiro atoms. The van der Waals surface area contributed by atoms with Crippen LogP contribution in [0, 0.1) is 0 Å². The third kappa shape index (κ3) is 3.73. The van der Waals surface area contributed by atoms with Gasteiger partial charge >= 0.3 is 0 Å². The van der Waals surface area contributed by atoms with Crippen LogP contribution in [0.3, 0.4) is 0 Å². The van der Waals surface area contributed by atoms with Crippen molar-refractivity contribution in [3.63, 3.8) is 0 Å². The number of benzene rings is 1. The van der Waals surface area contributed by atoms with E-state index in [1.165, 1.54) is 0 Å². The Morgan fingerprint density at radius 3 is 2.24 bits per heavy atom. The van der Waals surface area contributed by atoms with Crippen molar-refractivity contribution in [2.45, 2.75) is 14.7 Å². The lowest BCUT2D eigenvalue weighted by atomic mass is 10.1. The number of ketones is 1. The summed E-state index contributed by atoms with van der Waals surface area (Å²) in [4.78, 5) is 11.0. The van der Waals surface area contributed by atoms with E-state index in [1.54, 1.807) is 0 Å². The second-order valence-electron chi connectivity index (χ2n) is 2.71. The predicted molar refractivity (Wildman–Crippen MR) is 65.2 cm³/mol. The van der Waals surface area contributed by atoms with Crippen LogP contribution in [0.15, 0.2) is 26.8 Å². The highest BCUT2D eigenvalue weighted by molar-refractivity contribution is 7.97. The van der Waals surface area contributed by atoms with E-state index in [1.807, 2.05) is 0 Å². The average molecular weight is 320 g/mol. The number of Topliss-reactive ketones (excluding diaryl/α,β-unsaturated/α-hetero) is 1. The highest BCUT2D eigenvalue weighted by Crippen LogP contribution is 2.39. The Morgan fingerprint density at radius 1 is 1.06 bits per heavy atom. The Kier molecular flexibility index (Phi) is 6.60. The lowest BCUT2D eigenvalue weighted by Gasteiger charge is -2.08. The molecule has 0 heterocycles. The van der Waals surface area contributed by atoms with E-state index in [2.05, 4.69) is 0 Å². The third-order valence-electron chi connectivity index (χ3n) is 1.76. The van der Waals surface area contributed by atoms with Gasteiger partial charge in [-0.25, -0.2) is 0 Å². The fraction of sp³-hybridized carbons (Fsp3) is 0.125. The smallest absolute Gasteiger partial charge is 0.176 e. The zero-order valence-corrected chi connectivity index (χ0v) is 11.2. The van der Waals surface area contributed by atoms with Gasteiger partial charge in [0, 0.05) is 10.5 Å². The predicted octanol–water partition coefficient (Wildman–Crippen LogP) is 5.42. The van der Waals surface area contributed by atoms with Gasteiger partial charge in [0.05, 0.1) is 64.1 Å². The second kappa shape index (κ2) is 7.45. The molecule has 1 aromatic carbocycles. The van der Waals surface area contributed by atoms with Crippen molar-refractivity contribution in [1.29, 1.82) is 0 Å². The molecule has 17 heavy (non-hydrogen) atoms. The molecule has 1 aromatic rings. The molecule has 0 unspecified atom stereocenters. The van der Waals surface area contributed by atoms with Crippen molar-refractivity contribution in [3.8, 4) is 0 Å². The Labute approximate surface area is 113 Å². The summed E-state index contributed by atoms with van der Waals surface area (Å²) < 4.78 is 49.6. The SMILES string of the molecule is O=C(CSF)c1cc(SF)cc(SF)c1SF. The summed E-state index contributed by atoms with van der Waals surface area (Å²) in [5.41, 5.74) is -0.217. The molecule has 0 aliphatic rings. The van der Waals surface area contributed by atoms with E-state index < -0.39 is 11.5 Å². The van der Waals surface area contributed by atoms with Crippen molar-refractivity contribution in [1.82, 2.24) is 0 Å². The van der Waals surface area contributed by atoms with Gasteiger partial charge in [0.15, 0.2) is 5.78 Å². The minimum absolute atomic E-state index is 0.0323. The zero-order chi connectivity index (χ0) is 12.8. The van der Waals surface area contributed by atoms with Crippen LogP contribution in [0.5, 0.6) is 0 Å². The Morgan fingerprint density at radius 2 is 1.76 bits per heavy atom. The van der Waals surface area contributed by atoms with E-state index >= 15 is 0 Å². The van der Waals surface area contributed by atoms with Gasteiger partial charge in [-0.05, 0) is 12.1 Å². The first-order valence-electron chi connectivity index (χ1n) is 3.98. The molecule has 0 aromatic heterocycles. The van der Waals surface area contributed by atoms with Crippen LogP contribution in [0.2, 0.25) is 0 Å². The molecule has 0 atom stereocenters. The van der Waals surface area contributed by atoms with Crippen molar-refractivity contribution >= 4 is 54.4 Å². The van der Waals surface area contributed by atoms with E-state index in [0.29, 0.717) is 0 Å². The Hall–Kier alpha value is 0.01000. The third-order valence-corrected chi connectivity index (χ3v) is 3.76. The average Bonchev–Trinajstić information content (AvgIpc) is 2.37. The molecule has 0 aliphatic heterocycles. The monoisotopic (exact) mass is 320 g/mol. The normalized spacial score (nSPS) is 10.6. The Balaban J connectivity index is 3.28. The maximum Gasteiger partial charge on any atom is 0.176 e. The van der Waals surface area contributed by atoms with E-state index in [4.69, 9.17) is 0 Å². The van der Waals surface area contributed by atoms with Gasteiger partial charge in [-0.2, -0.15) is 15.5 Å². The molecule has 0 fully saturated rings. The molecule has 0 N–H and O–H groups in total. The standard InChI is InChI=1S/C8H4F4OS4/c9-14-3-6(13)5-1-4(15-10)2-7(16-11)8(5)17-12/h1-2H,3H2. The first-order chi connectivity index (χ1) is 8.17. The molecular formula is C8H4F4OS4. The van der Waals surface area contributed by atoms with E-state index in [-0.39, 0.29) is 68.8 Å². The summed E-state index contributed by atoms with van der Waals surface area (Å²) in [6.07, 6.45) is 0. The second-order valence-corrected chi connectivity index (χ2v) is 5.00. The molecular weight excluding hydrogens is 316 g/mol. The van der Waals surface area contributed by atoms with Crippen molar-refractivity contribution in [2.24, 2.45) is 0 Å². The number of halogens is 4. The maximum absolute atomic E-state index is 12.7. The van der Waals surface area contributed by atoms with Crippen LogP contribution in [0.25, 0.3) is 0 Å². The Bertz CT molecular complexity index is 415. The molecule has 0 bridgehead atoms. The van der Waals surface area contributed by atoms with Gasteiger partial charge in [0.2, 0.25) is 0 Å². The number of hydrogen-bond donors (Lipinski definition) is 0. The fourth-order valence-corrected chi connectivity index (χ4v) is 2.68. The quantitative estimate of drug-likeness (QED) is 0.513. The number of carbonyl (C=O) groups excluding carboxylic acids is 1. The first kappa shape index (κ1) is 15.1. The summed E-state index contributed by atoms with van der Waals surface area (Å²) >= 11 is -1.05. The highest BCUT2D eigenvalue weighted by Gasteiger charge is 2.19. The molecule has 0 saturated heterocycles. The van der Waals surface area contributed by atoms with Crippen LogP contribution >= 0.6 is 48.6 Å². The topological polar surface area (TPSA) is 17.1 Å². The highest BCUT2D eigenvalue weighted by atomic mass is 32.2. The van der Waals surface area contributed by atoms with Gasteiger partial charge in [-0.15, -0.1) is 0 Å². The van der Waals surface area contributed by atoms with Crippen LogP contribution in [0.4, 0.5) is 15.5 Å². The number of rotatable bonds is 6. The summed E-state index contributed by atoms with van der Waals surface area (Å²) in [5.74, 6) is -1.24. The summed E-state index contributed by atoms with van der Waals surface area (Å²) in [5, 5.41) is 0. The molecule has 1 nitrogen and oxygen atoms in total. The van der Waals surface area contributed by atoms with Crippen molar-refractivity contribution < 1.29 is 20.3 Å². The van der Waals surface area contributed by atoms with Crippen molar-refractivity contribution in [2.75, 3.05) is 5.75 Å². The van der Waals surface area contributed by atoms with Crippen LogP contribution in [-0.2, 0) is 0 Å². The molecule has 0 radical (unpaired) electrons. The summed E-state index contributed by atoms with van der Waals surface area (Å²) in [6, 6.07) is 2.15. The van der Waals surface area contributed by atoms with Gasteiger partial charge in [0.25, 0.3) is 0 Å². The number of carbonyl (C=O) groups is 1. The number of hydrogen-bond acceptors (Lipinski definition) is 5. The first-order valence-corrected chi connectivity index (χ1v) is 7.02. The largest absolute Gasteiger partial charge is 0.293 e. The molecule has 0 aliphatic carbocycles. The fourth-order valence-electron chi connectivity index (χ4n) is 1.09. The van der Waals surface area contributed by atoms with Crippen molar-refractivity contribution in [3.05, 3.63) is 17.7 Å². The molecule has 0 saturated carbocycles. The van der Waals surface area contributed by atoms with Gasteiger partial charge in [-0.3, -0.25) is 4.79 Å². The van der Waals surface area contributed by atoms with Gasteiger partial charge in [0.1, 0.15) is 0 Å². The maximum atomic E-state index is 12.7. The van der Waals surface area contributed by atoms with Crippen LogP contribution in [-0.4, -0.2) is 11.5 Å². The summed E-state index contributed by atoms with van der Waals surface area (Å²) in [6.45, 7) is 0. The summed E-state index contributed by atoms with van der Waals surface area (Å²) in [7, 11) is 0. The molecule has 9 heteroatoms. The van der Waals surface area contributed by atoms with Gasteiger partial charge < -0.3 is 0 Å².